The molecule has 9 heteroatoms. The fourth-order valence-corrected chi connectivity index (χ4v) is 3.07. The lowest BCUT2D eigenvalue weighted by Crippen LogP contribution is -2.51. The normalized spacial score (nSPS) is 15.1. The highest BCUT2D eigenvalue weighted by atomic mass is 35.5. The first-order chi connectivity index (χ1) is 12.8. The number of imide groups is 1. The van der Waals surface area contributed by atoms with Gasteiger partial charge in [0.05, 0.1) is 18.1 Å². The molecule has 1 unspecified atom stereocenters. The number of methoxy groups -OCH3 is 1. The van der Waals surface area contributed by atoms with Crippen molar-refractivity contribution < 1.29 is 19.1 Å². The van der Waals surface area contributed by atoms with E-state index >= 15 is 0 Å². The quantitative estimate of drug-likeness (QED) is 0.786. The molecule has 1 aromatic rings. The highest BCUT2D eigenvalue weighted by Gasteiger charge is 2.25. The minimum absolute atomic E-state index is 0.0218. The van der Waals surface area contributed by atoms with Gasteiger partial charge in [0.1, 0.15) is 5.75 Å². The first-order valence-electron chi connectivity index (χ1n) is 8.74. The smallest absolute Gasteiger partial charge is 0.321 e. The van der Waals surface area contributed by atoms with Crippen LogP contribution in [-0.4, -0.2) is 62.6 Å². The van der Waals surface area contributed by atoms with E-state index in [9.17, 15) is 14.4 Å². The molecule has 27 heavy (non-hydrogen) atoms. The number of carbonyl (C=O) groups excluding carboxylic acids is 3. The topological polar surface area (TPSA) is 91.0 Å². The van der Waals surface area contributed by atoms with E-state index in [2.05, 4.69) is 15.5 Å². The Labute approximate surface area is 163 Å². The van der Waals surface area contributed by atoms with Crippen molar-refractivity contribution in [3.05, 3.63) is 23.2 Å². The van der Waals surface area contributed by atoms with E-state index < -0.39 is 11.9 Å². The second kappa shape index (κ2) is 9.45. The number of nitrogens with one attached hydrogen (secondary N) is 2. The number of hydrogen-bond acceptors (Lipinski definition) is 5. The number of urea groups is 1. The zero-order chi connectivity index (χ0) is 20.0. The third-order valence-electron chi connectivity index (χ3n) is 4.37. The molecule has 0 radical (unpaired) electrons. The molecule has 0 aromatic heterocycles. The van der Waals surface area contributed by atoms with Crippen molar-refractivity contribution in [2.45, 2.75) is 13.8 Å². The van der Waals surface area contributed by atoms with E-state index in [0.717, 1.165) is 5.69 Å². The van der Waals surface area contributed by atoms with Gasteiger partial charge in [-0.15, -0.1) is 0 Å². The third kappa shape index (κ3) is 5.75. The highest BCUT2D eigenvalue weighted by Crippen LogP contribution is 2.29. The second-order valence-electron chi connectivity index (χ2n) is 6.42. The number of hydrogen-bond donors (Lipinski definition) is 2. The summed E-state index contributed by atoms with van der Waals surface area (Å²) >= 11 is 6.07. The van der Waals surface area contributed by atoms with Gasteiger partial charge in [0, 0.05) is 51.4 Å². The Balaban J connectivity index is 1.84. The maximum absolute atomic E-state index is 12.6. The van der Waals surface area contributed by atoms with Crippen LogP contribution < -0.4 is 20.3 Å². The Kier molecular flexibility index (Phi) is 7.29. The van der Waals surface area contributed by atoms with E-state index in [0.29, 0.717) is 37.0 Å². The lowest BCUT2D eigenvalue weighted by atomic mass is 10.1. The van der Waals surface area contributed by atoms with Crippen LogP contribution >= 0.6 is 11.6 Å². The summed E-state index contributed by atoms with van der Waals surface area (Å²) in [5.41, 5.74) is 0.999. The van der Waals surface area contributed by atoms with Crippen molar-refractivity contribution >= 4 is 35.1 Å². The number of halogens is 1. The number of amides is 4. The maximum Gasteiger partial charge on any atom is 0.321 e. The van der Waals surface area contributed by atoms with Gasteiger partial charge in [-0.1, -0.05) is 18.5 Å². The first kappa shape index (κ1) is 20.8. The van der Waals surface area contributed by atoms with E-state index in [1.807, 2.05) is 12.1 Å². The van der Waals surface area contributed by atoms with Gasteiger partial charge >= 0.3 is 6.03 Å². The van der Waals surface area contributed by atoms with Crippen molar-refractivity contribution in [3.63, 3.8) is 0 Å². The van der Waals surface area contributed by atoms with Crippen LogP contribution in [0.1, 0.15) is 13.8 Å². The standard InChI is InChI=1S/C18H25ClN4O4/c1-12(11-20-18(26)21-13(2)24)17(25)23-8-6-22(7-9-23)14-4-5-15(19)16(10-14)27-3/h4-5,10,12H,6-9,11H2,1-3H3,(H2,20,21,24,26). The molecule has 2 N–H and O–H groups in total. The molecule has 2 rings (SSSR count). The zero-order valence-corrected chi connectivity index (χ0v) is 16.5. The van der Waals surface area contributed by atoms with Gasteiger partial charge < -0.3 is 19.9 Å². The predicted molar refractivity (Wildman–Crippen MR) is 103 cm³/mol. The molecule has 8 nitrogen and oxygen atoms in total. The molecule has 0 spiro atoms. The molecule has 1 saturated heterocycles. The lowest BCUT2D eigenvalue weighted by molar-refractivity contribution is -0.135. The van der Waals surface area contributed by atoms with Crippen LogP contribution in [0.5, 0.6) is 5.75 Å². The summed E-state index contributed by atoms with van der Waals surface area (Å²) in [7, 11) is 1.58. The van der Waals surface area contributed by atoms with Crippen molar-refractivity contribution in [2.75, 3.05) is 44.7 Å². The highest BCUT2D eigenvalue weighted by molar-refractivity contribution is 6.32. The summed E-state index contributed by atoms with van der Waals surface area (Å²) in [5.74, 6) is -0.214. The fraction of sp³-hybridized carbons (Fsp3) is 0.500. The summed E-state index contributed by atoms with van der Waals surface area (Å²) in [6, 6.07) is 5.03. The summed E-state index contributed by atoms with van der Waals surface area (Å²) < 4.78 is 5.25. The minimum Gasteiger partial charge on any atom is -0.495 e. The molecule has 148 valence electrons. The van der Waals surface area contributed by atoms with Gasteiger partial charge in [0.25, 0.3) is 0 Å². The lowest BCUT2D eigenvalue weighted by Gasteiger charge is -2.37. The number of nitrogens with zero attached hydrogens (tertiary/aromatic N) is 2. The molecule has 1 fully saturated rings. The van der Waals surface area contributed by atoms with E-state index in [1.165, 1.54) is 6.92 Å². The van der Waals surface area contributed by atoms with Gasteiger partial charge in [-0.05, 0) is 12.1 Å². The first-order valence-corrected chi connectivity index (χ1v) is 9.12. The average molecular weight is 397 g/mol. The number of anilines is 1. The molecule has 0 saturated carbocycles. The van der Waals surface area contributed by atoms with Crippen LogP contribution in [0.4, 0.5) is 10.5 Å². The summed E-state index contributed by atoms with van der Waals surface area (Å²) in [6.07, 6.45) is 0. The van der Waals surface area contributed by atoms with Crippen molar-refractivity contribution in [3.8, 4) is 5.75 Å². The van der Waals surface area contributed by atoms with Crippen LogP contribution in [0.3, 0.4) is 0 Å². The molecular formula is C18H25ClN4O4. The Hall–Kier alpha value is -2.48. The van der Waals surface area contributed by atoms with Gasteiger partial charge in [0.2, 0.25) is 11.8 Å². The van der Waals surface area contributed by atoms with Crippen LogP contribution in [0.25, 0.3) is 0 Å². The van der Waals surface area contributed by atoms with Crippen LogP contribution in [-0.2, 0) is 9.59 Å². The molecule has 0 bridgehead atoms. The number of rotatable bonds is 5. The van der Waals surface area contributed by atoms with Crippen molar-refractivity contribution in [2.24, 2.45) is 5.92 Å². The zero-order valence-electron chi connectivity index (χ0n) is 15.8. The molecule has 1 aromatic carbocycles. The minimum atomic E-state index is -0.594. The van der Waals surface area contributed by atoms with Crippen molar-refractivity contribution in [1.82, 2.24) is 15.5 Å². The van der Waals surface area contributed by atoms with Gasteiger partial charge in [-0.25, -0.2) is 4.79 Å². The van der Waals surface area contributed by atoms with Crippen LogP contribution in [0, 0.1) is 5.92 Å². The molecule has 1 aliphatic rings. The summed E-state index contributed by atoms with van der Waals surface area (Å²) in [4.78, 5) is 38.8. The second-order valence-corrected chi connectivity index (χ2v) is 6.83. The van der Waals surface area contributed by atoms with Crippen LogP contribution in [0.2, 0.25) is 5.02 Å². The molecule has 0 aliphatic carbocycles. The van der Waals surface area contributed by atoms with E-state index in [-0.39, 0.29) is 18.4 Å². The summed E-state index contributed by atoms with van der Waals surface area (Å²) in [6.45, 7) is 5.76. The van der Waals surface area contributed by atoms with Gasteiger partial charge in [-0.2, -0.15) is 0 Å². The number of carbonyl (C=O) groups is 3. The maximum atomic E-state index is 12.6. The summed E-state index contributed by atoms with van der Waals surface area (Å²) in [5, 5.41) is 5.21. The predicted octanol–water partition coefficient (Wildman–Crippen LogP) is 1.48. The van der Waals surface area contributed by atoms with Crippen molar-refractivity contribution in [1.29, 1.82) is 0 Å². The third-order valence-corrected chi connectivity index (χ3v) is 4.68. The Morgan fingerprint density at radius 3 is 2.48 bits per heavy atom. The van der Waals surface area contributed by atoms with Gasteiger partial charge in [0.15, 0.2) is 0 Å². The SMILES string of the molecule is COc1cc(N2CCN(C(=O)C(C)CNC(=O)NC(C)=O)CC2)ccc1Cl. The molecule has 1 atom stereocenters. The molecule has 1 heterocycles. The Bertz CT molecular complexity index is 705. The molecule has 1 aliphatic heterocycles. The number of benzene rings is 1. The Morgan fingerprint density at radius 1 is 1.22 bits per heavy atom. The average Bonchev–Trinajstić information content (AvgIpc) is 2.65. The van der Waals surface area contributed by atoms with Crippen LogP contribution in [0.15, 0.2) is 18.2 Å². The largest absolute Gasteiger partial charge is 0.495 e. The fourth-order valence-electron chi connectivity index (χ4n) is 2.88. The Morgan fingerprint density at radius 2 is 1.89 bits per heavy atom. The molecular weight excluding hydrogens is 372 g/mol. The van der Waals surface area contributed by atoms with E-state index in [4.69, 9.17) is 16.3 Å². The number of piperazine rings is 1. The number of ether oxygens (including phenoxy) is 1. The van der Waals surface area contributed by atoms with Gasteiger partial charge in [-0.3, -0.25) is 14.9 Å². The monoisotopic (exact) mass is 396 g/mol. The van der Waals surface area contributed by atoms with E-state index in [1.54, 1.807) is 25.0 Å². The molecule has 4 amide bonds.